The molecule has 4 amide bonds. The second-order valence-corrected chi connectivity index (χ2v) is 7.99. The number of alkyl halides is 3. The molecule has 0 saturated carbocycles. The average Bonchev–Trinajstić information content (AvgIpc) is 2.93. The molecule has 31 heavy (non-hydrogen) atoms. The molecule has 3 heterocycles. The molecule has 0 radical (unpaired) electrons. The zero-order valence-electron chi connectivity index (χ0n) is 16.5. The lowest BCUT2D eigenvalue weighted by atomic mass is 10.0. The lowest BCUT2D eigenvalue weighted by Gasteiger charge is -2.34. The number of piperidine rings is 1. The molecule has 0 bridgehead atoms. The van der Waals surface area contributed by atoms with E-state index in [4.69, 9.17) is 0 Å². The maximum Gasteiger partial charge on any atom is 0.390 e. The molecule has 11 heteroatoms. The van der Waals surface area contributed by atoms with Crippen LogP contribution in [0.3, 0.4) is 0 Å². The summed E-state index contributed by atoms with van der Waals surface area (Å²) in [5.74, 6) is -2.37. The van der Waals surface area contributed by atoms with Crippen molar-refractivity contribution in [3.8, 4) is 0 Å². The second-order valence-electron chi connectivity index (χ2n) is 7.99. The van der Waals surface area contributed by atoms with Gasteiger partial charge in [0.1, 0.15) is 6.04 Å². The Morgan fingerprint density at radius 1 is 1.10 bits per heavy atom. The van der Waals surface area contributed by atoms with E-state index in [-0.39, 0.29) is 37.1 Å². The summed E-state index contributed by atoms with van der Waals surface area (Å²) < 4.78 is 38.2. The molecule has 1 aromatic rings. The van der Waals surface area contributed by atoms with E-state index in [1.165, 1.54) is 6.07 Å². The summed E-state index contributed by atoms with van der Waals surface area (Å²) >= 11 is 0. The number of carbonyl (C=O) groups excluding carboxylic acids is 4. The minimum absolute atomic E-state index is 0.0258. The van der Waals surface area contributed by atoms with Crippen LogP contribution in [0, 0.1) is 0 Å². The molecule has 2 fully saturated rings. The van der Waals surface area contributed by atoms with Gasteiger partial charge in [0.25, 0.3) is 11.8 Å². The summed E-state index contributed by atoms with van der Waals surface area (Å²) in [7, 11) is 0. The van der Waals surface area contributed by atoms with Gasteiger partial charge in [-0.25, -0.2) is 0 Å². The van der Waals surface area contributed by atoms with Crippen LogP contribution in [0.15, 0.2) is 18.2 Å². The van der Waals surface area contributed by atoms with Crippen molar-refractivity contribution in [1.29, 1.82) is 0 Å². The maximum absolute atomic E-state index is 13.1. The first-order valence-corrected chi connectivity index (χ1v) is 10.00. The molecule has 8 nitrogen and oxygen atoms in total. The number of hydrogen-bond donors (Lipinski definition) is 2. The van der Waals surface area contributed by atoms with Crippen LogP contribution in [0.1, 0.15) is 45.5 Å². The van der Waals surface area contributed by atoms with Crippen molar-refractivity contribution in [2.24, 2.45) is 0 Å². The molecule has 1 aromatic carbocycles. The van der Waals surface area contributed by atoms with Gasteiger partial charge in [-0.3, -0.25) is 34.3 Å². The Morgan fingerprint density at radius 3 is 2.58 bits per heavy atom. The molecule has 0 aromatic heterocycles. The van der Waals surface area contributed by atoms with Gasteiger partial charge in [0.2, 0.25) is 11.8 Å². The summed E-state index contributed by atoms with van der Waals surface area (Å²) in [6.45, 7) is 1.24. The molecule has 4 rings (SSSR count). The lowest BCUT2D eigenvalue weighted by molar-refractivity contribution is -0.142. The Bertz CT molecular complexity index is 949. The molecule has 0 spiro atoms. The molecule has 0 aliphatic carbocycles. The maximum atomic E-state index is 13.1. The van der Waals surface area contributed by atoms with Crippen LogP contribution >= 0.6 is 0 Å². The number of amides is 4. The Kier molecular flexibility index (Phi) is 5.56. The fraction of sp³-hybridized carbons (Fsp3) is 0.500. The van der Waals surface area contributed by atoms with Crippen molar-refractivity contribution in [2.75, 3.05) is 19.6 Å². The van der Waals surface area contributed by atoms with E-state index in [2.05, 4.69) is 10.6 Å². The molecule has 2 N–H and O–H groups in total. The molecule has 2 unspecified atom stereocenters. The number of hydrogen-bond acceptors (Lipinski definition) is 6. The number of imide groups is 2. The summed E-state index contributed by atoms with van der Waals surface area (Å²) in [6.07, 6.45) is -5.14. The van der Waals surface area contributed by atoms with Gasteiger partial charge in [-0.1, -0.05) is 12.1 Å². The Hall–Kier alpha value is -2.79. The zero-order chi connectivity index (χ0) is 22.3. The second kappa shape index (κ2) is 8.04. The third-order valence-corrected chi connectivity index (χ3v) is 5.77. The third kappa shape index (κ3) is 4.33. The standard InChI is InChI=1S/C20H21F3N4O4/c21-20(22,23)8-12-10-26(7-6-24-12)9-11-2-1-3-13-16(11)19(31)27(18(13)30)14-4-5-15(28)25-17(14)29/h1-3,12,14,24H,4-10H2,(H,25,28,29). The van der Waals surface area contributed by atoms with Gasteiger partial charge >= 0.3 is 6.18 Å². The van der Waals surface area contributed by atoms with Gasteiger partial charge in [-0.15, -0.1) is 0 Å². The number of fused-ring (bicyclic) bond motifs is 1. The third-order valence-electron chi connectivity index (χ3n) is 5.77. The first-order valence-electron chi connectivity index (χ1n) is 10.00. The molecule has 3 aliphatic heterocycles. The fourth-order valence-electron chi connectivity index (χ4n) is 4.41. The van der Waals surface area contributed by atoms with Gasteiger partial charge in [-0.2, -0.15) is 13.2 Å². The van der Waals surface area contributed by atoms with Crippen LogP contribution in [0.4, 0.5) is 13.2 Å². The fourth-order valence-corrected chi connectivity index (χ4v) is 4.41. The van der Waals surface area contributed by atoms with Crippen LogP contribution in [-0.4, -0.2) is 71.3 Å². The minimum Gasteiger partial charge on any atom is -0.311 e. The highest BCUT2D eigenvalue weighted by Gasteiger charge is 2.45. The lowest BCUT2D eigenvalue weighted by Crippen LogP contribution is -2.54. The van der Waals surface area contributed by atoms with Crippen LogP contribution in [0.25, 0.3) is 0 Å². The predicted octanol–water partition coefficient (Wildman–Crippen LogP) is 0.814. The number of rotatable bonds is 4. The average molecular weight is 438 g/mol. The van der Waals surface area contributed by atoms with Crippen molar-refractivity contribution >= 4 is 23.6 Å². The Morgan fingerprint density at radius 2 is 1.87 bits per heavy atom. The van der Waals surface area contributed by atoms with Crippen LogP contribution in [0.2, 0.25) is 0 Å². The van der Waals surface area contributed by atoms with Crippen molar-refractivity contribution in [1.82, 2.24) is 20.4 Å². The van der Waals surface area contributed by atoms with Gasteiger partial charge in [0.15, 0.2) is 0 Å². The van der Waals surface area contributed by atoms with Crippen molar-refractivity contribution in [3.05, 3.63) is 34.9 Å². The van der Waals surface area contributed by atoms with Gasteiger partial charge in [0, 0.05) is 38.6 Å². The number of halogens is 3. The smallest absolute Gasteiger partial charge is 0.311 e. The van der Waals surface area contributed by atoms with E-state index in [1.807, 2.05) is 4.90 Å². The Labute approximate surface area is 175 Å². The largest absolute Gasteiger partial charge is 0.390 e. The Balaban J connectivity index is 1.54. The SMILES string of the molecule is O=C1CCC(N2C(=O)c3cccc(CN4CCNC(CC(F)(F)F)C4)c3C2=O)C(=O)N1. The van der Waals surface area contributed by atoms with Crippen LogP contribution in [0.5, 0.6) is 0 Å². The number of piperazine rings is 1. The normalized spacial score (nSPS) is 25.1. The molecular weight excluding hydrogens is 417 g/mol. The van der Waals surface area contributed by atoms with E-state index >= 15 is 0 Å². The van der Waals surface area contributed by atoms with Crippen LogP contribution in [-0.2, 0) is 16.1 Å². The zero-order valence-corrected chi connectivity index (χ0v) is 16.5. The molecular formula is C20H21F3N4O4. The van der Waals surface area contributed by atoms with Gasteiger partial charge < -0.3 is 5.32 Å². The highest BCUT2D eigenvalue weighted by atomic mass is 19.4. The predicted molar refractivity (Wildman–Crippen MR) is 101 cm³/mol. The van der Waals surface area contributed by atoms with E-state index in [1.54, 1.807) is 12.1 Å². The summed E-state index contributed by atoms with van der Waals surface area (Å²) in [5.41, 5.74) is 0.857. The number of nitrogens with one attached hydrogen (secondary N) is 2. The quantitative estimate of drug-likeness (QED) is 0.676. The van der Waals surface area contributed by atoms with Crippen LogP contribution < -0.4 is 10.6 Å². The highest BCUT2D eigenvalue weighted by molar-refractivity contribution is 6.24. The highest BCUT2D eigenvalue weighted by Crippen LogP contribution is 2.31. The number of carbonyl (C=O) groups is 4. The monoisotopic (exact) mass is 438 g/mol. The topological polar surface area (TPSA) is 98.8 Å². The number of benzene rings is 1. The van der Waals surface area contributed by atoms with Crippen molar-refractivity contribution in [3.63, 3.8) is 0 Å². The summed E-state index contributed by atoms with van der Waals surface area (Å²) in [6, 6.07) is 2.97. The van der Waals surface area contributed by atoms with Crippen molar-refractivity contribution in [2.45, 2.75) is 44.1 Å². The van der Waals surface area contributed by atoms with E-state index in [0.717, 1.165) is 4.90 Å². The van der Waals surface area contributed by atoms with Crippen molar-refractivity contribution < 1.29 is 32.3 Å². The van der Waals surface area contributed by atoms with E-state index in [0.29, 0.717) is 18.7 Å². The molecule has 2 saturated heterocycles. The number of nitrogens with zero attached hydrogens (tertiary/aromatic N) is 2. The first kappa shape index (κ1) is 21.4. The molecule has 166 valence electrons. The molecule has 2 atom stereocenters. The van der Waals surface area contributed by atoms with E-state index in [9.17, 15) is 32.3 Å². The summed E-state index contributed by atoms with van der Waals surface area (Å²) in [5, 5.41) is 5.00. The van der Waals surface area contributed by atoms with E-state index < -0.39 is 48.3 Å². The first-order chi connectivity index (χ1) is 14.6. The van der Waals surface area contributed by atoms with Gasteiger partial charge in [-0.05, 0) is 18.1 Å². The minimum atomic E-state index is -4.28. The van der Waals surface area contributed by atoms with Gasteiger partial charge in [0.05, 0.1) is 17.5 Å². The summed E-state index contributed by atoms with van der Waals surface area (Å²) in [4.78, 5) is 52.3. The molecule has 3 aliphatic rings.